The number of rotatable bonds is 2. The Balaban J connectivity index is 2.33. The predicted molar refractivity (Wildman–Crippen MR) is 70.5 cm³/mol. The number of carbonyl (C=O) groups is 2. The summed E-state index contributed by atoms with van der Waals surface area (Å²) >= 11 is 5.86. The number of aliphatic hydroxyl groups is 1. The van der Waals surface area contributed by atoms with Gasteiger partial charge in [-0.2, -0.15) is 0 Å². The van der Waals surface area contributed by atoms with Crippen molar-refractivity contribution in [3.8, 4) is 0 Å². The number of primary amides is 1. The van der Waals surface area contributed by atoms with Gasteiger partial charge in [0.05, 0.1) is 22.4 Å². The first kappa shape index (κ1) is 13.6. The largest absolute Gasteiger partial charge is 0.397 e. The third kappa shape index (κ3) is 2.50. The molecule has 1 aliphatic heterocycles. The second-order valence-corrected chi connectivity index (χ2v) is 4.87. The van der Waals surface area contributed by atoms with Gasteiger partial charge in [0.25, 0.3) is 5.91 Å². The molecule has 1 heterocycles. The number of benzene rings is 1. The van der Waals surface area contributed by atoms with E-state index < -0.39 is 24.0 Å². The van der Waals surface area contributed by atoms with Gasteiger partial charge in [-0.25, -0.2) is 0 Å². The molecule has 2 unspecified atom stereocenters. The first-order valence-corrected chi connectivity index (χ1v) is 6.12. The predicted octanol–water partition coefficient (Wildman–Crippen LogP) is -0.0171. The van der Waals surface area contributed by atoms with Crippen LogP contribution in [0.3, 0.4) is 0 Å². The van der Waals surface area contributed by atoms with E-state index in [0.29, 0.717) is 0 Å². The lowest BCUT2D eigenvalue weighted by Crippen LogP contribution is -2.43. The summed E-state index contributed by atoms with van der Waals surface area (Å²) in [5, 5.41) is 9.84. The highest BCUT2D eigenvalue weighted by atomic mass is 35.5. The van der Waals surface area contributed by atoms with Gasteiger partial charge in [0.1, 0.15) is 6.04 Å². The molecule has 1 fully saturated rings. The van der Waals surface area contributed by atoms with Crippen molar-refractivity contribution in [2.75, 3.05) is 12.3 Å². The minimum absolute atomic E-state index is 0.0540. The maximum absolute atomic E-state index is 12.3. The normalized spacial score (nSPS) is 22.5. The zero-order valence-corrected chi connectivity index (χ0v) is 10.8. The summed E-state index contributed by atoms with van der Waals surface area (Å²) < 4.78 is 0. The molecule has 19 heavy (non-hydrogen) atoms. The van der Waals surface area contributed by atoms with Crippen LogP contribution in [-0.4, -0.2) is 40.5 Å². The van der Waals surface area contributed by atoms with Crippen molar-refractivity contribution < 1.29 is 14.7 Å². The van der Waals surface area contributed by atoms with E-state index in [-0.39, 0.29) is 29.2 Å². The molecule has 1 aromatic rings. The SMILES string of the molecule is NC(=O)C1CC(O)CN1C(=O)c1cccc(Cl)c1N. The number of halogens is 1. The van der Waals surface area contributed by atoms with E-state index in [0.717, 1.165) is 0 Å². The molecule has 7 heteroatoms. The fourth-order valence-corrected chi connectivity index (χ4v) is 2.36. The monoisotopic (exact) mass is 283 g/mol. The molecule has 1 saturated heterocycles. The molecule has 6 nitrogen and oxygen atoms in total. The Bertz CT molecular complexity index is 535. The maximum atomic E-state index is 12.3. The summed E-state index contributed by atoms with van der Waals surface area (Å²) in [7, 11) is 0. The van der Waals surface area contributed by atoms with Crippen molar-refractivity contribution in [2.45, 2.75) is 18.6 Å². The smallest absolute Gasteiger partial charge is 0.256 e. The average Bonchev–Trinajstić information content (AvgIpc) is 2.74. The molecule has 5 N–H and O–H groups in total. The van der Waals surface area contributed by atoms with Gasteiger partial charge in [-0.05, 0) is 12.1 Å². The van der Waals surface area contributed by atoms with Gasteiger partial charge >= 0.3 is 0 Å². The highest BCUT2D eigenvalue weighted by Crippen LogP contribution is 2.27. The molecule has 2 amide bonds. The summed E-state index contributed by atoms with van der Waals surface area (Å²) in [6, 6.07) is 3.86. The van der Waals surface area contributed by atoms with Gasteiger partial charge < -0.3 is 21.5 Å². The van der Waals surface area contributed by atoms with E-state index in [2.05, 4.69) is 0 Å². The Morgan fingerprint density at radius 2 is 2.11 bits per heavy atom. The van der Waals surface area contributed by atoms with Crippen molar-refractivity contribution >= 4 is 29.1 Å². The summed E-state index contributed by atoms with van der Waals surface area (Å²) in [6.07, 6.45) is -0.622. The molecular weight excluding hydrogens is 270 g/mol. The first-order valence-electron chi connectivity index (χ1n) is 5.74. The van der Waals surface area contributed by atoms with Crippen LogP contribution >= 0.6 is 11.6 Å². The number of carbonyl (C=O) groups excluding carboxylic acids is 2. The topological polar surface area (TPSA) is 110 Å². The van der Waals surface area contributed by atoms with Crippen LogP contribution in [0.15, 0.2) is 18.2 Å². The Morgan fingerprint density at radius 3 is 2.74 bits per heavy atom. The van der Waals surface area contributed by atoms with Gasteiger partial charge in [0, 0.05) is 13.0 Å². The lowest BCUT2D eigenvalue weighted by atomic mass is 10.1. The lowest BCUT2D eigenvalue weighted by Gasteiger charge is -2.22. The van der Waals surface area contributed by atoms with Gasteiger partial charge in [-0.1, -0.05) is 17.7 Å². The third-order valence-electron chi connectivity index (χ3n) is 3.15. The molecule has 0 aliphatic carbocycles. The standard InChI is InChI=1S/C12H14ClN3O3/c13-8-3-1-2-7(10(8)14)12(19)16-5-6(17)4-9(16)11(15)18/h1-3,6,9,17H,4-5,14H2,(H2,15,18). The molecule has 2 atom stereocenters. The second kappa shape index (κ2) is 5.07. The van der Waals surface area contributed by atoms with Gasteiger partial charge in [-0.3, -0.25) is 9.59 Å². The summed E-state index contributed by atoms with van der Waals surface area (Å²) in [5.74, 6) is -1.11. The Morgan fingerprint density at radius 1 is 1.42 bits per heavy atom. The number of nitrogens with two attached hydrogens (primary N) is 2. The summed E-state index contributed by atoms with van der Waals surface area (Å²) in [6.45, 7) is 0.0540. The molecule has 0 aromatic heterocycles. The van der Waals surface area contributed by atoms with Gasteiger partial charge in [0.2, 0.25) is 5.91 Å². The van der Waals surface area contributed by atoms with Crippen molar-refractivity contribution in [2.24, 2.45) is 5.73 Å². The Labute approximate surface area is 114 Å². The number of aliphatic hydroxyl groups excluding tert-OH is 1. The second-order valence-electron chi connectivity index (χ2n) is 4.47. The minimum atomic E-state index is -0.819. The van der Waals surface area contributed by atoms with Crippen molar-refractivity contribution in [1.82, 2.24) is 4.90 Å². The van der Waals surface area contributed by atoms with Crippen molar-refractivity contribution in [1.29, 1.82) is 0 Å². The van der Waals surface area contributed by atoms with E-state index in [1.807, 2.05) is 0 Å². The van der Waals surface area contributed by atoms with E-state index in [1.54, 1.807) is 12.1 Å². The Hall–Kier alpha value is -1.79. The van der Waals surface area contributed by atoms with Crippen molar-refractivity contribution in [3.63, 3.8) is 0 Å². The molecular formula is C12H14ClN3O3. The molecule has 2 rings (SSSR count). The first-order chi connectivity index (χ1) is 8.91. The van der Waals surface area contributed by atoms with Crippen LogP contribution in [0, 0.1) is 0 Å². The highest BCUT2D eigenvalue weighted by molar-refractivity contribution is 6.34. The van der Waals surface area contributed by atoms with Crippen LogP contribution in [0.5, 0.6) is 0 Å². The number of hydrogen-bond acceptors (Lipinski definition) is 4. The zero-order valence-electron chi connectivity index (χ0n) is 10.0. The fraction of sp³-hybridized carbons (Fsp3) is 0.333. The number of anilines is 1. The van der Waals surface area contributed by atoms with Crippen LogP contribution in [-0.2, 0) is 4.79 Å². The zero-order chi connectivity index (χ0) is 14.2. The molecule has 102 valence electrons. The van der Waals surface area contributed by atoms with Crippen LogP contribution in [0.25, 0.3) is 0 Å². The summed E-state index contributed by atoms with van der Waals surface area (Å²) in [5.41, 5.74) is 11.3. The van der Waals surface area contributed by atoms with Gasteiger partial charge in [-0.15, -0.1) is 0 Å². The maximum Gasteiger partial charge on any atom is 0.256 e. The number of likely N-dealkylation sites (tertiary alicyclic amines) is 1. The highest BCUT2D eigenvalue weighted by Gasteiger charge is 2.38. The molecule has 0 spiro atoms. The molecule has 1 aromatic carbocycles. The fourth-order valence-electron chi connectivity index (χ4n) is 2.19. The molecule has 0 saturated carbocycles. The Kier molecular flexibility index (Phi) is 3.64. The van der Waals surface area contributed by atoms with E-state index in [1.165, 1.54) is 11.0 Å². The van der Waals surface area contributed by atoms with E-state index >= 15 is 0 Å². The number of para-hydroxylation sites is 1. The lowest BCUT2D eigenvalue weighted by molar-refractivity contribution is -0.121. The number of nitrogen functional groups attached to an aromatic ring is 1. The molecule has 1 aliphatic rings. The van der Waals surface area contributed by atoms with E-state index in [9.17, 15) is 14.7 Å². The number of β-amino-alcohol motifs (C(OH)–C–C–N with tert-alkyl or cyclic N) is 1. The van der Waals surface area contributed by atoms with Crippen LogP contribution in [0.4, 0.5) is 5.69 Å². The quantitative estimate of drug-likeness (QED) is 0.663. The minimum Gasteiger partial charge on any atom is -0.397 e. The molecule has 0 bridgehead atoms. The molecule has 0 radical (unpaired) electrons. The van der Waals surface area contributed by atoms with E-state index in [4.69, 9.17) is 23.1 Å². The summed E-state index contributed by atoms with van der Waals surface area (Å²) in [4.78, 5) is 24.9. The van der Waals surface area contributed by atoms with Crippen LogP contribution < -0.4 is 11.5 Å². The average molecular weight is 284 g/mol. The number of amides is 2. The van der Waals surface area contributed by atoms with Crippen molar-refractivity contribution in [3.05, 3.63) is 28.8 Å². The number of hydrogen-bond donors (Lipinski definition) is 3. The van der Waals surface area contributed by atoms with Gasteiger partial charge in [0.15, 0.2) is 0 Å². The third-order valence-corrected chi connectivity index (χ3v) is 3.48. The van der Waals surface area contributed by atoms with Crippen LogP contribution in [0.2, 0.25) is 5.02 Å². The van der Waals surface area contributed by atoms with Crippen LogP contribution in [0.1, 0.15) is 16.8 Å². The number of nitrogens with zero attached hydrogens (tertiary/aromatic N) is 1.